The molecular weight excluding hydrogens is 381 g/mol. The van der Waals surface area contributed by atoms with Gasteiger partial charge in [-0.1, -0.05) is 0 Å². The Bertz CT molecular complexity index is 473. The second-order valence-electron chi connectivity index (χ2n) is 5.25. The summed E-state index contributed by atoms with van der Waals surface area (Å²) in [6.07, 6.45) is -7.63. The van der Waals surface area contributed by atoms with Crippen molar-refractivity contribution in [1.82, 2.24) is 5.32 Å². The lowest BCUT2D eigenvalue weighted by Crippen LogP contribution is -2.64. The van der Waals surface area contributed by atoms with E-state index in [0.29, 0.717) is 6.42 Å². The van der Waals surface area contributed by atoms with Crippen LogP contribution in [0.15, 0.2) is 0 Å². The van der Waals surface area contributed by atoms with Crippen LogP contribution in [0, 0.1) is 0 Å². The Hall–Kier alpha value is -0.860. The fraction of sp³-hybridized carbons (Fsp3) is 0.917. The molecule has 13 nitrogen and oxygen atoms in total. The van der Waals surface area contributed by atoms with E-state index in [4.69, 9.17) is 24.4 Å². The minimum atomic E-state index is -5.57. The average Bonchev–Trinajstić information content (AvgIpc) is 2.56. The van der Waals surface area contributed by atoms with Gasteiger partial charge in [0.15, 0.2) is 6.29 Å². The topological polar surface area (TPSA) is 210 Å². The molecule has 14 heteroatoms. The van der Waals surface area contributed by atoms with E-state index in [9.17, 15) is 29.4 Å². The number of hydrogen-bond acceptors (Lipinski definition) is 12. The summed E-state index contributed by atoms with van der Waals surface area (Å²) in [6, 6.07) is -1.66. The Balaban J connectivity index is 2.60. The average molecular weight is 403 g/mol. The summed E-state index contributed by atoms with van der Waals surface area (Å²) in [5.74, 6) is 0. The lowest BCUT2D eigenvalue weighted by atomic mass is 9.97. The van der Waals surface area contributed by atoms with Crippen LogP contribution in [0.2, 0.25) is 0 Å². The lowest BCUT2D eigenvalue weighted by molar-refractivity contribution is -0.362. The van der Waals surface area contributed by atoms with Crippen molar-refractivity contribution in [3.63, 3.8) is 0 Å². The Labute approximate surface area is 148 Å². The summed E-state index contributed by atoms with van der Waals surface area (Å²) in [4.78, 5) is 33.3. The molecule has 0 aromatic heterocycles. The fourth-order valence-electron chi connectivity index (χ4n) is 2.09. The highest BCUT2D eigenvalue weighted by molar-refractivity contribution is 7.43. The maximum Gasteiger partial charge on any atom is 0.407 e. The van der Waals surface area contributed by atoms with Crippen molar-refractivity contribution < 1.29 is 58.3 Å². The second kappa shape index (κ2) is 11.1. The number of phosphoric acid groups is 1. The molecule has 0 spiro atoms. The number of rotatable bonds is 10. The van der Waals surface area contributed by atoms with Gasteiger partial charge < -0.3 is 58.8 Å². The number of hydrogen-bond donors (Lipinski definition) is 5. The van der Waals surface area contributed by atoms with Gasteiger partial charge in [0.05, 0.1) is 21.0 Å². The molecule has 154 valence electrons. The summed E-state index contributed by atoms with van der Waals surface area (Å²) in [5, 5.41) is 39.4. The predicted molar refractivity (Wildman–Crippen MR) is 77.2 cm³/mol. The zero-order chi connectivity index (χ0) is 19.7. The number of alkyl carbamates (subject to hydrolysis) is 1. The van der Waals surface area contributed by atoms with E-state index in [1.54, 1.807) is 0 Å². The maximum absolute atomic E-state index is 11.7. The number of phosphoric ester groups is 1. The minimum Gasteiger partial charge on any atom is -0.790 e. The van der Waals surface area contributed by atoms with Crippen LogP contribution in [0.4, 0.5) is 4.79 Å². The van der Waals surface area contributed by atoms with E-state index in [1.807, 2.05) is 5.32 Å². The van der Waals surface area contributed by atoms with E-state index in [0.717, 1.165) is 0 Å². The predicted octanol–water partition coefficient (Wildman–Crippen LogP) is -4.24. The monoisotopic (exact) mass is 403 g/mol. The first-order valence-corrected chi connectivity index (χ1v) is 9.10. The standard InChI is InChI=1S/C12H24NO12P/c14-2-1-3-22-4-5-23-12(18)13-8-10(17)9(16)7(6-15)24-11(8)25-26(19,20)21/h7-11,14-17H,1-6H2,(H,13,18)(H2,19,20,21)/p-2/t7?,8?,9-,10+,11+/m0/s1. The van der Waals surface area contributed by atoms with Crippen molar-refractivity contribution in [2.24, 2.45) is 0 Å². The van der Waals surface area contributed by atoms with E-state index >= 15 is 0 Å². The molecule has 1 aliphatic heterocycles. The fourth-order valence-corrected chi connectivity index (χ4v) is 2.53. The van der Waals surface area contributed by atoms with Crippen LogP contribution < -0.4 is 15.1 Å². The number of ether oxygens (including phenoxy) is 3. The van der Waals surface area contributed by atoms with Gasteiger partial charge in [-0.15, -0.1) is 0 Å². The van der Waals surface area contributed by atoms with Gasteiger partial charge in [-0.3, -0.25) is 0 Å². The van der Waals surface area contributed by atoms with Crippen LogP contribution in [0.1, 0.15) is 6.42 Å². The molecule has 1 saturated heterocycles. The maximum atomic E-state index is 11.7. The zero-order valence-electron chi connectivity index (χ0n) is 13.6. The Morgan fingerprint density at radius 2 is 1.85 bits per heavy atom. The number of amides is 1. The van der Waals surface area contributed by atoms with Crippen molar-refractivity contribution in [3.8, 4) is 0 Å². The van der Waals surface area contributed by atoms with Crippen molar-refractivity contribution >= 4 is 13.9 Å². The SMILES string of the molecule is O=C(NC1[C@@H](OP(=O)([O-])[O-])OC(CO)[C@H](O)[C@@H]1O)OCCOCCCO. The molecule has 5 atom stereocenters. The Morgan fingerprint density at radius 3 is 2.42 bits per heavy atom. The van der Waals surface area contributed by atoms with Gasteiger partial charge in [-0.2, -0.15) is 0 Å². The second-order valence-corrected chi connectivity index (χ2v) is 6.36. The van der Waals surface area contributed by atoms with Gasteiger partial charge in [0.1, 0.15) is 31.0 Å². The molecule has 0 aromatic rings. The molecule has 0 aromatic carbocycles. The zero-order valence-corrected chi connectivity index (χ0v) is 14.5. The third-order valence-electron chi connectivity index (χ3n) is 3.31. The van der Waals surface area contributed by atoms with E-state index < -0.39 is 51.2 Å². The molecule has 1 heterocycles. The molecule has 1 fully saturated rings. The largest absolute Gasteiger partial charge is 0.790 e. The van der Waals surface area contributed by atoms with Crippen LogP contribution >= 0.6 is 7.82 Å². The van der Waals surface area contributed by atoms with Crippen LogP contribution in [-0.4, -0.2) is 90.2 Å². The number of aliphatic hydroxyl groups excluding tert-OH is 4. The van der Waals surface area contributed by atoms with E-state index in [-0.39, 0.29) is 26.4 Å². The van der Waals surface area contributed by atoms with Crippen molar-refractivity contribution in [2.75, 3.05) is 33.0 Å². The molecule has 0 radical (unpaired) electrons. The smallest absolute Gasteiger partial charge is 0.407 e. The highest BCUT2D eigenvalue weighted by Gasteiger charge is 2.46. The van der Waals surface area contributed by atoms with Crippen molar-refractivity contribution in [3.05, 3.63) is 0 Å². The molecule has 0 aliphatic carbocycles. The van der Waals surface area contributed by atoms with Crippen molar-refractivity contribution in [1.29, 1.82) is 0 Å². The number of nitrogens with one attached hydrogen (secondary N) is 1. The first kappa shape index (κ1) is 23.2. The molecule has 26 heavy (non-hydrogen) atoms. The molecule has 0 saturated carbocycles. The normalized spacial score (nSPS) is 29.4. The van der Waals surface area contributed by atoms with E-state index in [1.165, 1.54) is 0 Å². The molecular formula is C12H22NO12P-2. The van der Waals surface area contributed by atoms with Crippen LogP contribution in [0.3, 0.4) is 0 Å². The van der Waals surface area contributed by atoms with Crippen LogP contribution in [0.5, 0.6) is 0 Å². The van der Waals surface area contributed by atoms with Gasteiger partial charge in [0, 0.05) is 13.2 Å². The summed E-state index contributed by atoms with van der Waals surface area (Å²) >= 11 is 0. The third kappa shape index (κ3) is 7.80. The van der Waals surface area contributed by atoms with Gasteiger partial charge in [-0.25, -0.2) is 4.79 Å². The summed E-state index contributed by atoms with van der Waals surface area (Å²) in [7, 11) is -5.57. The minimum absolute atomic E-state index is 0.0165. The Morgan fingerprint density at radius 1 is 1.15 bits per heavy atom. The third-order valence-corrected chi connectivity index (χ3v) is 3.77. The molecule has 2 unspecified atom stereocenters. The van der Waals surface area contributed by atoms with Gasteiger partial charge >= 0.3 is 6.09 Å². The first-order valence-electron chi connectivity index (χ1n) is 7.64. The summed E-state index contributed by atoms with van der Waals surface area (Å²) < 4.78 is 29.6. The highest BCUT2D eigenvalue weighted by atomic mass is 31.2. The van der Waals surface area contributed by atoms with Crippen LogP contribution in [0.25, 0.3) is 0 Å². The molecule has 0 bridgehead atoms. The molecule has 1 rings (SSSR count). The summed E-state index contributed by atoms with van der Waals surface area (Å²) in [5.41, 5.74) is 0. The van der Waals surface area contributed by atoms with Crippen LogP contribution in [-0.2, 0) is 23.3 Å². The van der Waals surface area contributed by atoms with E-state index in [2.05, 4.69) is 4.52 Å². The summed E-state index contributed by atoms with van der Waals surface area (Å²) in [6.45, 7) is -0.784. The number of carbonyl (C=O) groups is 1. The molecule has 1 amide bonds. The van der Waals surface area contributed by atoms with Crippen molar-refractivity contribution in [2.45, 2.75) is 37.1 Å². The Kier molecular flexibility index (Phi) is 9.89. The molecule has 1 aliphatic rings. The number of carbonyl (C=O) groups excluding carboxylic acids is 1. The lowest BCUT2D eigenvalue weighted by Gasteiger charge is -2.45. The molecule has 5 N–H and O–H groups in total. The highest BCUT2D eigenvalue weighted by Crippen LogP contribution is 2.33. The van der Waals surface area contributed by atoms with Gasteiger partial charge in [0.25, 0.3) is 0 Å². The van der Waals surface area contributed by atoms with Gasteiger partial charge in [-0.05, 0) is 6.42 Å². The first-order chi connectivity index (χ1) is 12.2. The number of aliphatic hydroxyl groups is 4. The van der Waals surface area contributed by atoms with Gasteiger partial charge in [0.2, 0.25) is 0 Å². The quantitative estimate of drug-likeness (QED) is 0.173.